The molecule has 0 aliphatic carbocycles. The quantitative estimate of drug-likeness (QED) is 0.0746. The van der Waals surface area contributed by atoms with Gasteiger partial charge in [-0.05, 0) is 25.7 Å². The summed E-state index contributed by atoms with van der Waals surface area (Å²) in [6.45, 7) is 5.38. The Labute approximate surface area is 275 Å². The Kier molecular flexibility index (Phi) is 30.6. The number of H-pyrrole nitrogens is 1. The van der Waals surface area contributed by atoms with Gasteiger partial charge in [-0.3, -0.25) is 4.79 Å². The Morgan fingerprint density at radius 3 is 1.36 bits per heavy atom. The maximum atomic E-state index is 12.3. The molecule has 0 aliphatic rings. The molecule has 0 spiro atoms. The normalized spacial score (nSPS) is 12.1. The monoisotopic (exact) mass is 616 g/mol. The van der Waals surface area contributed by atoms with Gasteiger partial charge in [-0.25, -0.2) is 4.98 Å². The number of imidazole rings is 1. The lowest BCUT2D eigenvalue weighted by molar-refractivity contribution is -0.121. The van der Waals surface area contributed by atoms with E-state index in [0.29, 0.717) is 12.3 Å². The van der Waals surface area contributed by atoms with Gasteiger partial charge in [0.2, 0.25) is 5.91 Å². The lowest BCUT2D eigenvalue weighted by atomic mass is 9.94. The summed E-state index contributed by atoms with van der Waals surface area (Å²) in [5.41, 5.74) is 0. The highest BCUT2D eigenvalue weighted by molar-refractivity contribution is 5.75. The lowest BCUT2D eigenvalue weighted by Crippen LogP contribution is -2.24. The van der Waals surface area contributed by atoms with Crippen molar-refractivity contribution >= 4 is 5.91 Å². The third kappa shape index (κ3) is 27.0. The lowest BCUT2D eigenvalue weighted by Gasteiger charge is -2.15. The van der Waals surface area contributed by atoms with Crippen LogP contribution in [-0.2, 0) is 4.79 Å². The summed E-state index contributed by atoms with van der Waals surface area (Å²) < 4.78 is 0. The molecule has 0 aromatic carbocycles. The number of hydrogen-bond acceptors (Lipinski definition) is 2. The number of carbonyl (C=O) groups excluding carboxylic acids is 1. The summed E-state index contributed by atoms with van der Waals surface area (Å²) in [6.07, 6.45) is 46.5. The Hall–Kier alpha value is -1.32. The van der Waals surface area contributed by atoms with E-state index < -0.39 is 0 Å². The van der Waals surface area contributed by atoms with Crippen molar-refractivity contribution in [1.82, 2.24) is 15.3 Å². The molecule has 0 fully saturated rings. The standard InChI is InChI=1S/C40H77N3O/c1-3-5-7-9-11-13-15-17-18-20-22-24-26-28-30-34-39(44)41-35-31-33-38(40-42-36-37-43-40)32-29-27-25-23-21-19-16-14-12-10-8-6-4-2/h36-38H,3-35H2,1-2H3,(H,41,44)(H,42,43). The first kappa shape index (κ1) is 40.7. The van der Waals surface area contributed by atoms with Crippen molar-refractivity contribution in [2.24, 2.45) is 0 Å². The predicted octanol–water partition coefficient (Wildman–Crippen LogP) is 13.1. The second-order valence-corrected chi connectivity index (χ2v) is 13.9. The average Bonchev–Trinajstić information content (AvgIpc) is 3.57. The number of aromatic nitrogens is 2. The largest absolute Gasteiger partial charge is 0.356 e. The van der Waals surface area contributed by atoms with Gasteiger partial charge >= 0.3 is 0 Å². The van der Waals surface area contributed by atoms with Crippen molar-refractivity contribution in [3.05, 3.63) is 18.2 Å². The molecule has 0 aliphatic heterocycles. The zero-order valence-corrected chi connectivity index (χ0v) is 29.9. The Morgan fingerprint density at radius 1 is 0.568 bits per heavy atom. The van der Waals surface area contributed by atoms with Crippen LogP contribution in [0.15, 0.2) is 12.4 Å². The highest BCUT2D eigenvalue weighted by atomic mass is 16.1. The van der Waals surface area contributed by atoms with E-state index in [1.165, 1.54) is 180 Å². The zero-order chi connectivity index (χ0) is 31.6. The van der Waals surface area contributed by atoms with Gasteiger partial charge in [-0.1, -0.05) is 187 Å². The van der Waals surface area contributed by atoms with Crippen LogP contribution in [0.2, 0.25) is 0 Å². The van der Waals surface area contributed by atoms with Crippen molar-refractivity contribution in [1.29, 1.82) is 0 Å². The van der Waals surface area contributed by atoms with Crippen LogP contribution in [0.3, 0.4) is 0 Å². The number of rotatable bonds is 35. The van der Waals surface area contributed by atoms with Crippen molar-refractivity contribution in [2.45, 2.75) is 225 Å². The average molecular weight is 616 g/mol. The smallest absolute Gasteiger partial charge is 0.219 e. The Morgan fingerprint density at radius 2 is 0.955 bits per heavy atom. The van der Waals surface area contributed by atoms with Crippen LogP contribution in [0, 0.1) is 0 Å². The van der Waals surface area contributed by atoms with Crippen LogP contribution in [0.5, 0.6) is 0 Å². The maximum absolute atomic E-state index is 12.3. The highest BCUT2D eigenvalue weighted by Gasteiger charge is 2.14. The fraction of sp³-hybridized carbons (Fsp3) is 0.900. The molecule has 4 nitrogen and oxygen atoms in total. The molecule has 1 unspecified atom stereocenters. The van der Waals surface area contributed by atoms with Crippen LogP contribution in [0.25, 0.3) is 0 Å². The van der Waals surface area contributed by atoms with Crippen molar-refractivity contribution in [3.63, 3.8) is 0 Å². The minimum Gasteiger partial charge on any atom is -0.356 e. The summed E-state index contributed by atoms with van der Waals surface area (Å²) >= 11 is 0. The maximum Gasteiger partial charge on any atom is 0.219 e. The molecular formula is C40H77N3O. The van der Waals surface area contributed by atoms with Crippen molar-refractivity contribution in [3.8, 4) is 0 Å². The third-order valence-corrected chi connectivity index (χ3v) is 9.62. The van der Waals surface area contributed by atoms with E-state index in [-0.39, 0.29) is 5.91 Å². The molecule has 1 amide bonds. The molecule has 258 valence electrons. The van der Waals surface area contributed by atoms with E-state index in [9.17, 15) is 4.79 Å². The summed E-state index contributed by atoms with van der Waals surface area (Å²) in [7, 11) is 0. The van der Waals surface area contributed by atoms with Gasteiger partial charge < -0.3 is 10.3 Å². The van der Waals surface area contributed by atoms with Crippen molar-refractivity contribution in [2.75, 3.05) is 6.54 Å². The first-order valence-corrected chi connectivity index (χ1v) is 20.0. The molecule has 1 aromatic rings. The van der Waals surface area contributed by atoms with E-state index in [1.807, 2.05) is 12.4 Å². The molecule has 1 atom stereocenters. The van der Waals surface area contributed by atoms with E-state index in [1.54, 1.807) is 0 Å². The molecule has 1 aromatic heterocycles. The number of aromatic amines is 1. The summed E-state index contributed by atoms with van der Waals surface area (Å²) in [5, 5.41) is 3.18. The zero-order valence-electron chi connectivity index (χ0n) is 29.9. The summed E-state index contributed by atoms with van der Waals surface area (Å²) in [6, 6.07) is 0. The number of nitrogens with zero attached hydrogens (tertiary/aromatic N) is 1. The molecule has 0 radical (unpaired) electrons. The topological polar surface area (TPSA) is 57.8 Å². The highest BCUT2D eigenvalue weighted by Crippen LogP contribution is 2.25. The summed E-state index contributed by atoms with van der Waals surface area (Å²) in [4.78, 5) is 20.3. The number of amides is 1. The molecule has 2 N–H and O–H groups in total. The molecule has 0 saturated heterocycles. The first-order valence-electron chi connectivity index (χ1n) is 20.0. The molecule has 1 rings (SSSR count). The van der Waals surface area contributed by atoms with Gasteiger partial charge in [0.05, 0.1) is 0 Å². The van der Waals surface area contributed by atoms with Crippen LogP contribution in [0.4, 0.5) is 0 Å². The van der Waals surface area contributed by atoms with Gasteiger partial charge in [0.25, 0.3) is 0 Å². The SMILES string of the molecule is CCCCCCCCCCCCCCCCCC(=O)NCCCC(CCCCCCCCCCCCCCC)c1ncc[nH]1. The van der Waals surface area contributed by atoms with Gasteiger partial charge in [-0.15, -0.1) is 0 Å². The molecular weight excluding hydrogens is 538 g/mol. The van der Waals surface area contributed by atoms with E-state index >= 15 is 0 Å². The Bertz CT molecular complexity index is 689. The van der Waals surface area contributed by atoms with Gasteiger partial charge in [0.15, 0.2) is 0 Å². The fourth-order valence-electron chi connectivity index (χ4n) is 6.65. The van der Waals surface area contributed by atoms with Crippen LogP contribution in [-0.4, -0.2) is 22.4 Å². The van der Waals surface area contributed by atoms with Crippen LogP contribution >= 0.6 is 0 Å². The van der Waals surface area contributed by atoms with E-state index in [0.717, 1.165) is 31.6 Å². The van der Waals surface area contributed by atoms with Crippen molar-refractivity contribution < 1.29 is 4.79 Å². The van der Waals surface area contributed by atoms with E-state index in [4.69, 9.17) is 0 Å². The first-order chi connectivity index (χ1) is 21.8. The van der Waals surface area contributed by atoms with Gasteiger partial charge in [0.1, 0.15) is 5.82 Å². The minimum absolute atomic E-state index is 0.241. The molecule has 4 heteroatoms. The third-order valence-electron chi connectivity index (χ3n) is 9.62. The number of hydrogen-bond donors (Lipinski definition) is 2. The van der Waals surface area contributed by atoms with Crippen LogP contribution in [0.1, 0.15) is 231 Å². The van der Waals surface area contributed by atoms with Gasteiger partial charge in [-0.2, -0.15) is 0 Å². The van der Waals surface area contributed by atoms with Gasteiger partial charge in [0, 0.05) is 31.3 Å². The Balaban J connectivity index is 1.94. The second kappa shape index (κ2) is 33.1. The molecule has 0 saturated carbocycles. The molecule has 44 heavy (non-hydrogen) atoms. The second-order valence-electron chi connectivity index (χ2n) is 13.9. The molecule has 1 heterocycles. The number of carbonyl (C=O) groups is 1. The molecule has 0 bridgehead atoms. The minimum atomic E-state index is 0.241. The fourth-order valence-corrected chi connectivity index (χ4v) is 6.65. The van der Waals surface area contributed by atoms with Crippen LogP contribution < -0.4 is 5.32 Å². The predicted molar refractivity (Wildman–Crippen MR) is 193 cm³/mol. The van der Waals surface area contributed by atoms with E-state index in [2.05, 4.69) is 29.1 Å². The summed E-state index contributed by atoms with van der Waals surface area (Å²) in [5.74, 6) is 1.86. The number of unbranched alkanes of at least 4 members (excludes halogenated alkanes) is 26. The number of nitrogens with one attached hydrogen (secondary N) is 2.